The smallest absolute Gasteiger partial charge is 0.238 e. The van der Waals surface area contributed by atoms with Crippen molar-refractivity contribution in [1.82, 2.24) is 9.97 Å². The summed E-state index contributed by atoms with van der Waals surface area (Å²) in [6, 6.07) is 8.61. The number of rotatable bonds is 2. The minimum absolute atomic E-state index is 0.0811. The van der Waals surface area contributed by atoms with E-state index in [1.54, 1.807) is 17.4 Å². The normalized spacial score (nSPS) is 12.1. The molecular weight excluding hydrogens is 282 g/mol. The second-order valence-electron chi connectivity index (χ2n) is 4.22. The van der Waals surface area contributed by atoms with Crippen LogP contribution in [0.5, 0.6) is 0 Å². The summed E-state index contributed by atoms with van der Waals surface area (Å²) in [5, 5.41) is 5.11. The van der Waals surface area contributed by atoms with Crippen molar-refractivity contribution in [3.63, 3.8) is 0 Å². The molecule has 3 aromatic rings. The van der Waals surface area contributed by atoms with E-state index in [-0.39, 0.29) is 4.90 Å². The van der Waals surface area contributed by atoms with Crippen LogP contribution in [0.15, 0.2) is 35.2 Å². The van der Waals surface area contributed by atoms with Crippen LogP contribution in [-0.4, -0.2) is 18.4 Å². The van der Waals surface area contributed by atoms with Crippen LogP contribution in [0.4, 0.5) is 0 Å². The first-order chi connectivity index (χ1) is 8.93. The van der Waals surface area contributed by atoms with E-state index in [2.05, 4.69) is 9.97 Å². The first kappa shape index (κ1) is 12.3. The Morgan fingerprint density at radius 2 is 2.05 bits per heavy atom. The van der Waals surface area contributed by atoms with E-state index in [1.165, 1.54) is 17.0 Å². The third kappa shape index (κ3) is 2.27. The van der Waals surface area contributed by atoms with Gasteiger partial charge in [0.25, 0.3) is 0 Å². The number of imidazole rings is 1. The minimum atomic E-state index is -3.69. The van der Waals surface area contributed by atoms with Crippen LogP contribution < -0.4 is 5.14 Å². The highest BCUT2D eigenvalue weighted by Gasteiger charge is 2.12. The predicted molar refractivity (Wildman–Crippen MR) is 75.5 cm³/mol. The lowest BCUT2D eigenvalue weighted by atomic mass is 10.3. The van der Waals surface area contributed by atoms with Gasteiger partial charge >= 0.3 is 0 Å². The largest absolute Gasteiger partial charge is 0.337 e. The molecule has 2 heterocycles. The van der Waals surface area contributed by atoms with Crippen LogP contribution in [0.2, 0.25) is 0 Å². The summed E-state index contributed by atoms with van der Waals surface area (Å²) in [5.41, 5.74) is 1.38. The summed E-state index contributed by atoms with van der Waals surface area (Å²) in [4.78, 5) is 9.85. The molecule has 7 heteroatoms. The highest BCUT2D eigenvalue weighted by atomic mass is 32.2. The zero-order valence-electron chi connectivity index (χ0n) is 10.0. The first-order valence-electron chi connectivity index (χ1n) is 5.53. The molecule has 0 radical (unpaired) electrons. The zero-order chi connectivity index (χ0) is 13.6. The fourth-order valence-corrected chi connectivity index (χ4v) is 3.20. The molecule has 0 saturated heterocycles. The average molecular weight is 293 g/mol. The molecule has 2 aromatic heterocycles. The Balaban J connectivity index is 2.16. The zero-order valence-corrected chi connectivity index (χ0v) is 11.7. The molecule has 3 N–H and O–H groups in total. The van der Waals surface area contributed by atoms with Crippen molar-refractivity contribution in [1.29, 1.82) is 0 Å². The van der Waals surface area contributed by atoms with Gasteiger partial charge in [-0.3, -0.25) is 0 Å². The molecule has 0 spiro atoms. The lowest BCUT2D eigenvalue weighted by molar-refractivity contribution is 0.598. The predicted octanol–water partition coefficient (Wildman–Crippen LogP) is 2.25. The molecule has 0 aliphatic carbocycles. The second-order valence-corrected chi connectivity index (χ2v) is 7.07. The molecule has 98 valence electrons. The number of primary sulfonamides is 1. The summed E-state index contributed by atoms with van der Waals surface area (Å²) in [7, 11) is -3.69. The number of aromatic amines is 1. The molecule has 0 unspecified atom stereocenters. The summed E-state index contributed by atoms with van der Waals surface area (Å²) in [6.07, 6.45) is 0. The summed E-state index contributed by atoms with van der Waals surface area (Å²) >= 11 is 1.63. The Bertz CT molecular complexity index is 862. The number of hydrogen-bond donors (Lipinski definition) is 2. The van der Waals surface area contributed by atoms with Crippen LogP contribution in [0.1, 0.15) is 4.88 Å². The number of fused-ring (bicyclic) bond motifs is 1. The Morgan fingerprint density at radius 3 is 2.68 bits per heavy atom. The molecule has 0 atom stereocenters. The topological polar surface area (TPSA) is 88.8 Å². The maximum atomic E-state index is 11.3. The van der Waals surface area contributed by atoms with E-state index in [9.17, 15) is 8.42 Å². The number of aromatic nitrogens is 2. The van der Waals surface area contributed by atoms with E-state index >= 15 is 0 Å². The molecule has 0 fully saturated rings. The number of H-pyrrole nitrogens is 1. The molecule has 0 amide bonds. The van der Waals surface area contributed by atoms with Gasteiger partial charge in [-0.15, -0.1) is 11.3 Å². The van der Waals surface area contributed by atoms with Gasteiger partial charge in [-0.2, -0.15) is 0 Å². The molecule has 0 aliphatic rings. The van der Waals surface area contributed by atoms with Gasteiger partial charge in [-0.1, -0.05) is 0 Å². The van der Waals surface area contributed by atoms with Gasteiger partial charge < -0.3 is 4.98 Å². The Hall–Kier alpha value is -1.70. The van der Waals surface area contributed by atoms with Crippen LogP contribution >= 0.6 is 11.3 Å². The Morgan fingerprint density at radius 1 is 1.26 bits per heavy atom. The number of nitrogens with zero attached hydrogens (tertiary/aromatic N) is 1. The summed E-state index contributed by atoms with van der Waals surface area (Å²) in [5.74, 6) is 0.736. The third-order valence-corrected chi connectivity index (χ3v) is 4.67. The van der Waals surface area contributed by atoms with Crippen LogP contribution in [-0.2, 0) is 10.0 Å². The van der Waals surface area contributed by atoms with Gasteiger partial charge in [0.2, 0.25) is 10.0 Å². The second kappa shape index (κ2) is 4.16. The monoisotopic (exact) mass is 293 g/mol. The van der Waals surface area contributed by atoms with E-state index in [0.29, 0.717) is 11.0 Å². The maximum absolute atomic E-state index is 11.3. The lowest BCUT2D eigenvalue weighted by Crippen LogP contribution is -2.11. The molecule has 5 nitrogen and oxygen atoms in total. The van der Waals surface area contributed by atoms with E-state index in [0.717, 1.165) is 10.7 Å². The van der Waals surface area contributed by atoms with Gasteiger partial charge in [0.15, 0.2) is 0 Å². The van der Waals surface area contributed by atoms with Crippen molar-refractivity contribution < 1.29 is 8.42 Å². The van der Waals surface area contributed by atoms with Crippen molar-refractivity contribution in [2.75, 3.05) is 0 Å². The lowest BCUT2D eigenvalue weighted by Gasteiger charge is -1.96. The van der Waals surface area contributed by atoms with E-state index < -0.39 is 10.0 Å². The van der Waals surface area contributed by atoms with Crippen molar-refractivity contribution in [2.45, 2.75) is 11.8 Å². The minimum Gasteiger partial charge on any atom is -0.337 e. The number of sulfonamides is 1. The number of benzene rings is 1. The molecule has 0 aliphatic heterocycles. The number of aryl methyl sites for hydroxylation is 1. The van der Waals surface area contributed by atoms with E-state index in [1.807, 2.05) is 19.1 Å². The fourth-order valence-electron chi connectivity index (χ4n) is 1.84. The van der Waals surface area contributed by atoms with Crippen molar-refractivity contribution in [2.24, 2.45) is 5.14 Å². The Kier molecular flexibility index (Phi) is 2.70. The molecule has 19 heavy (non-hydrogen) atoms. The molecular formula is C12H11N3O2S2. The third-order valence-electron chi connectivity index (χ3n) is 2.76. The fraction of sp³-hybridized carbons (Fsp3) is 0.0833. The summed E-state index contributed by atoms with van der Waals surface area (Å²) < 4.78 is 22.6. The standard InChI is InChI=1S/C12H11N3O2S2/c1-7-2-5-11(18-7)12-14-9-4-3-8(19(13,16)17)6-10(9)15-12/h2-6H,1H3,(H,14,15)(H2,13,16,17). The quantitative estimate of drug-likeness (QED) is 0.759. The number of nitrogens with one attached hydrogen (secondary N) is 1. The molecule has 1 aromatic carbocycles. The first-order valence-corrected chi connectivity index (χ1v) is 7.89. The number of nitrogens with two attached hydrogens (primary N) is 1. The van der Waals surface area contributed by atoms with Gasteiger partial charge in [-0.25, -0.2) is 18.5 Å². The maximum Gasteiger partial charge on any atom is 0.238 e. The van der Waals surface area contributed by atoms with E-state index in [4.69, 9.17) is 5.14 Å². The molecule has 0 bridgehead atoms. The molecule has 0 saturated carbocycles. The van der Waals surface area contributed by atoms with Gasteiger partial charge in [-0.05, 0) is 37.3 Å². The van der Waals surface area contributed by atoms with Gasteiger partial charge in [0, 0.05) is 4.88 Å². The van der Waals surface area contributed by atoms with Gasteiger partial charge in [0.1, 0.15) is 5.82 Å². The van der Waals surface area contributed by atoms with Crippen molar-refractivity contribution in [3.8, 4) is 10.7 Å². The summed E-state index contributed by atoms with van der Waals surface area (Å²) in [6.45, 7) is 2.02. The Labute approximate surface area is 114 Å². The van der Waals surface area contributed by atoms with Crippen LogP contribution in [0.3, 0.4) is 0 Å². The number of hydrogen-bond acceptors (Lipinski definition) is 4. The SMILES string of the molecule is Cc1ccc(-c2nc3ccc(S(N)(=O)=O)cc3[nH]2)s1. The van der Waals surface area contributed by atoms with Gasteiger partial charge in [0.05, 0.1) is 20.8 Å². The average Bonchev–Trinajstić information content (AvgIpc) is 2.92. The van der Waals surface area contributed by atoms with Crippen molar-refractivity contribution in [3.05, 3.63) is 35.2 Å². The highest BCUT2D eigenvalue weighted by molar-refractivity contribution is 7.89. The van der Waals surface area contributed by atoms with Crippen molar-refractivity contribution >= 4 is 32.4 Å². The highest BCUT2D eigenvalue weighted by Crippen LogP contribution is 2.27. The molecule has 3 rings (SSSR count). The van der Waals surface area contributed by atoms with Crippen LogP contribution in [0.25, 0.3) is 21.7 Å². The van der Waals surface area contributed by atoms with Crippen LogP contribution in [0, 0.1) is 6.92 Å². The number of thiophene rings is 1.